The highest BCUT2D eigenvalue weighted by Crippen LogP contribution is 2.45. The van der Waals surface area contributed by atoms with Crippen molar-refractivity contribution in [3.63, 3.8) is 0 Å². The molecule has 1 unspecified atom stereocenters. The first-order valence-electron chi connectivity index (χ1n) is 6.40. The van der Waals surface area contributed by atoms with E-state index in [9.17, 15) is 23.1 Å². The Morgan fingerprint density at radius 1 is 1.00 bits per heavy atom. The zero-order valence-corrected chi connectivity index (χ0v) is 12.6. The number of carbonyl (C=O) groups is 1. The van der Waals surface area contributed by atoms with Gasteiger partial charge in [-0.3, -0.25) is 4.79 Å². The summed E-state index contributed by atoms with van der Waals surface area (Å²) in [5.41, 5.74) is -4.52. The number of allylic oxidation sites excluding steroid dienone is 2. The van der Waals surface area contributed by atoms with Gasteiger partial charge in [0.05, 0.1) is 0 Å². The number of halogens is 3. The Morgan fingerprint density at radius 2 is 1.45 bits per heavy atom. The summed E-state index contributed by atoms with van der Waals surface area (Å²) in [6, 6.07) is 0. The number of carbonyl (C=O) groups excluding carboxylic acids is 1. The number of hydrogen-bond donors (Lipinski definition) is 1. The van der Waals surface area contributed by atoms with Crippen LogP contribution < -0.4 is 0 Å². The van der Waals surface area contributed by atoms with E-state index in [1.807, 2.05) is 0 Å². The van der Waals surface area contributed by atoms with Crippen LogP contribution in [0.15, 0.2) is 23.3 Å². The molecule has 0 saturated heterocycles. The van der Waals surface area contributed by atoms with Crippen molar-refractivity contribution in [1.82, 2.24) is 0 Å². The standard InChI is InChI=1S/C15H21F3O2/c1-12(2,3)9-7-10(13(4,5)6)11(19)14(20,8-9)15(16,17)18/h7-8,20H,1-6H3. The van der Waals surface area contributed by atoms with E-state index in [0.717, 1.165) is 0 Å². The predicted molar refractivity (Wildman–Crippen MR) is 71.1 cm³/mol. The van der Waals surface area contributed by atoms with E-state index in [0.29, 0.717) is 11.6 Å². The summed E-state index contributed by atoms with van der Waals surface area (Å²) < 4.78 is 39.5. The van der Waals surface area contributed by atoms with Crippen LogP contribution in [-0.2, 0) is 4.79 Å². The van der Waals surface area contributed by atoms with Crippen molar-refractivity contribution in [3.05, 3.63) is 23.3 Å². The van der Waals surface area contributed by atoms with Gasteiger partial charge in [-0.15, -0.1) is 0 Å². The Kier molecular flexibility index (Phi) is 3.77. The summed E-state index contributed by atoms with van der Waals surface area (Å²) in [5, 5.41) is 9.95. The number of ketones is 1. The molecule has 20 heavy (non-hydrogen) atoms. The Balaban J connectivity index is 3.59. The Hall–Kier alpha value is -1.10. The van der Waals surface area contributed by atoms with Gasteiger partial charge in [-0.05, 0) is 22.5 Å². The molecule has 0 radical (unpaired) electrons. The van der Waals surface area contributed by atoms with Crippen molar-refractivity contribution in [2.45, 2.75) is 53.3 Å². The van der Waals surface area contributed by atoms with Gasteiger partial charge in [0, 0.05) is 5.57 Å². The molecule has 0 aromatic rings. The first kappa shape index (κ1) is 17.0. The van der Waals surface area contributed by atoms with Gasteiger partial charge in [0.25, 0.3) is 0 Å². The normalized spacial score (nSPS) is 25.4. The fraction of sp³-hybridized carbons (Fsp3) is 0.667. The molecule has 0 amide bonds. The molecule has 0 saturated carbocycles. The molecule has 1 atom stereocenters. The first-order valence-corrected chi connectivity index (χ1v) is 6.40. The molecule has 0 spiro atoms. The summed E-state index contributed by atoms with van der Waals surface area (Å²) in [6.45, 7) is 10.2. The molecular weight excluding hydrogens is 269 g/mol. The van der Waals surface area contributed by atoms with Crippen molar-refractivity contribution < 1.29 is 23.1 Å². The lowest BCUT2D eigenvalue weighted by molar-refractivity contribution is -0.232. The van der Waals surface area contributed by atoms with Gasteiger partial charge in [0.1, 0.15) is 0 Å². The van der Waals surface area contributed by atoms with E-state index in [1.165, 1.54) is 6.08 Å². The van der Waals surface area contributed by atoms with Gasteiger partial charge in [-0.2, -0.15) is 13.2 Å². The average Bonchev–Trinajstić information content (AvgIpc) is 2.16. The van der Waals surface area contributed by atoms with Crippen molar-refractivity contribution in [3.8, 4) is 0 Å². The second-order valence-corrected chi connectivity index (χ2v) is 7.25. The number of hydrogen-bond acceptors (Lipinski definition) is 2. The maximum Gasteiger partial charge on any atom is 0.428 e. The molecule has 0 aromatic carbocycles. The van der Waals surface area contributed by atoms with E-state index < -0.39 is 28.4 Å². The van der Waals surface area contributed by atoms with Crippen LogP contribution in [-0.4, -0.2) is 22.7 Å². The topological polar surface area (TPSA) is 37.3 Å². The number of rotatable bonds is 0. The van der Waals surface area contributed by atoms with Crippen molar-refractivity contribution in [1.29, 1.82) is 0 Å². The molecular formula is C15H21F3O2. The number of aliphatic hydroxyl groups is 1. The number of Topliss-reactive ketones (excluding diaryl/α,β-unsaturated/α-hetero) is 1. The third-order valence-electron chi connectivity index (χ3n) is 3.36. The molecule has 1 aliphatic carbocycles. The van der Waals surface area contributed by atoms with Crippen LogP contribution in [0.5, 0.6) is 0 Å². The minimum atomic E-state index is -5.04. The van der Waals surface area contributed by atoms with Crippen molar-refractivity contribution in [2.75, 3.05) is 0 Å². The molecule has 5 heteroatoms. The average molecular weight is 290 g/mol. The molecule has 0 aliphatic heterocycles. The maximum atomic E-state index is 13.2. The van der Waals surface area contributed by atoms with Gasteiger partial charge >= 0.3 is 6.18 Å². The van der Waals surface area contributed by atoms with Crippen LogP contribution in [0.25, 0.3) is 0 Å². The van der Waals surface area contributed by atoms with E-state index in [-0.39, 0.29) is 5.57 Å². The molecule has 1 N–H and O–H groups in total. The third-order valence-corrected chi connectivity index (χ3v) is 3.36. The third kappa shape index (κ3) is 2.82. The smallest absolute Gasteiger partial charge is 0.370 e. The van der Waals surface area contributed by atoms with Gasteiger partial charge in [-0.1, -0.05) is 47.6 Å². The summed E-state index contributed by atoms with van der Waals surface area (Å²) in [5.74, 6) is -1.29. The maximum absolute atomic E-state index is 13.2. The molecule has 0 aromatic heterocycles. The molecule has 0 heterocycles. The highest BCUT2D eigenvalue weighted by atomic mass is 19.4. The second-order valence-electron chi connectivity index (χ2n) is 7.25. The largest absolute Gasteiger partial charge is 0.428 e. The predicted octanol–water partition coefficient (Wildman–Crippen LogP) is 3.81. The Labute approximate surface area is 117 Å². The van der Waals surface area contributed by atoms with Crippen molar-refractivity contribution in [2.24, 2.45) is 10.8 Å². The van der Waals surface area contributed by atoms with Crippen LogP contribution in [0.3, 0.4) is 0 Å². The highest BCUT2D eigenvalue weighted by Gasteiger charge is 2.60. The highest BCUT2D eigenvalue weighted by molar-refractivity contribution is 6.06. The molecule has 1 aliphatic rings. The molecule has 114 valence electrons. The van der Waals surface area contributed by atoms with Gasteiger partial charge in [0.2, 0.25) is 11.4 Å². The van der Waals surface area contributed by atoms with E-state index in [2.05, 4.69) is 0 Å². The minimum absolute atomic E-state index is 0.00949. The molecule has 2 nitrogen and oxygen atoms in total. The van der Waals surface area contributed by atoms with Crippen LogP contribution in [0, 0.1) is 10.8 Å². The number of alkyl halides is 3. The van der Waals surface area contributed by atoms with Crippen LogP contribution in [0.4, 0.5) is 13.2 Å². The fourth-order valence-electron chi connectivity index (χ4n) is 1.96. The summed E-state index contributed by atoms with van der Waals surface area (Å²) in [6.07, 6.45) is -2.92. The zero-order chi connectivity index (χ0) is 16.1. The van der Waals surface area contributed by atoms with Crippen LogP contribution >= 0.6 is 0 Å². The zero-order valence-electron chi connectivity index (χ0n) is 12.6. The first-order chi connectivity index (χ1) is 8.61. The quantitative estimate of drug-likeness (QED) is 0.736. The van der Waals surface area contributed by atoms with Gasteiger partial charge < -0.3 is 5.11 Å². The van der Waals surface area contributed by atoms with Crippen LogP contribution in [0.2, 0.25) is 0 Å². The molecule has 0 fully saturated rings. The van der Waals surface area contributed by atoms with Crippen molar-refractivity contribution >= 4 is 5.78 Å². The van der Waals surface area contributed by atoms with Crippen LogP contribution in [0.1, 0.15) is 41.5 Å². The monoisotopic (exact) mass is 290 g/mol. The molecule has 0 bridgehead atoms. The lowest BCUT2D eigenvalue weighted by Gasteiger charge is -2.37. The van der Waals surface area contributed by atoms with E-state index in [1.54, 1.807) is 41.5 Å². The SMILES string of the molecule is CC(C)(C)C1=CC(O)(C(F)(F)F)C(=O)C(C(C)(C)C)=C1. The second kappa shape index (κ2) is 4.45. The van der Waals surface area contributed by atoms with E-state index >= 15 is 0 Å². The fourth-order valence-corrected chi connectivity index (χ4v) is 1.96. The minimum Gasteiger partial charge on any atom is -0.370 e. The van der Waals surface area contributed by atoms with E-state index in [4.69, 9.17) is 0 Å². The molecule has 1 rings (SSSR count). The Bertz CT molecular complexity index is 485. The lowest BCUT2D eigenvalue weighted by Crippen LogP contribution is -2.54. The van der Waals surface area contributed by atoms with Gasteiger partial charge in [-0.25, -0.2) is 0 Å². The lowest BCUT2D eigenvalue weighted by atomic mass is 9.70. The Morgan fingerprint density at radius 3 is 1.75 bits per heavy atom. The van der Waals surface area contributed by atoms with Gasteiger partial charge in [0.15, 0.2) is 0 Å². The summed E-state index contributed by atoms with van der Waals surface area (Å²) in [4.78, 5) is 12.1. The summed E-state index contributed by atoms with van der Waals surface area (Å²) in [7, 11) is 0. The summed E-state index contributed by atoms with van der Waals surface area (Å²) >= 11 is 0.